The van der Waals surface area contributed by atoms with Gasteiger partial charge < -0.3 is 0 Å². The zero-order chi connectivity index (χ0) is 13.7. The van der Waals surface area contributed by atoms with Gasteiger partial charge in [-0.3, -0.25) is 0 Å². The predicted molar refractivity (Wildman–Crippen MR) is 83.3 cm³/mol. The average molecular weight is 272 g/mol. The summed E-state index contributed by atoms with van der Waals surface area (Å²) in [4.78, 5) is 0. The molecule has 0 bridgehead atoms. The van der Waals surface area contributed by atoms with E-state index in [0.717, 1.165) is 12.0 Å². The molecular formula is C17H21FSi. The van der Waals surface area contributed by atoms with Crippen LogP contribution in [0.25, 0.3) is 0 Å². The molecule has 0 atom stereocenters. The topological polar surface area (TPSA) is 0 Å². The maximum absolute atomic E-state index is 12.8. The third kappa shape index (κ3) is 3.77. The third-order valence-corrected chi connectivity index (χ3v) is 7.12. The van der Waals surface area contributed by atoms with Gasteiger partial charge in [-0.15, -0.1) is 0 Å². The first-order chi connectivity index (χ1) is 9.12. The van der Waals surface area contributed by atoms with Gasteiger partial charge in [0.2, 0.25) is 0 Å². The third-order valence-electron chi connectivity index (χ3n) is 3.74. The summed E-state index contributed by atoms with van der Waals surface area (Å²) in [6.45, 7) is 4.37. The van der Waals surface area contributed by atoms with E-state index in [0.29, 0.717) is 0 Å². The molecule has 0 unspecified atom stereocenters. The first-order valence-electron chi connectivity index (χ1n) is 6.81. The summed E-state index contributed by atoms with van der Waals surface area (Å²) >= 11 is 0. The van der Waals surface area contributed by atoms with Crippen molar-refractivity contribution in [1.82, 2.24) is 0 Å². The number of hydrogen-bond donors (Lipinski definition) is 0. The Morgan fingerprint density at radius 3 is 2.26 bits per heavy atom. The summed E-state index contributed by atoms with van der Waals surface area (Å²) in [7, 11) is -1.48. The van der Waals surface area contributed by atoms with Crippen LogP contribution in [0, 0.1) is 0 Å². The molecule has 0 aliphatic heterocycles. The van der Waals surface area contributed by atoms with Gasteiger partial charge in [0.25, 0.3) is 0 Å². The Kier molecular flexibility index (Phi) is 4.54. The first kappa shape index (κ1) is 14.0. The smallest absolute Gasteiger partial charge is 0.115 e. The Hall–Kier alpha value is -1.41. The van der Waals surface area contributed by atoms with E-state index >= 15 is 0 Å². The lowest BCUT2D eigenvalue weighted by Gasteiger charge is -2.23. The maximum Gasteiger partial charge on any atom is 0.115 e. The Balaban J connectivity index is 2.09. The quantitative estimate of drug-likeness (QED) is 0.711. The molecule has 2 aromatic carbocycles. The minimum atomic E-state index is -1.48. The Bertz CT molecular complexity index is 520. The lowest BCUT2D eigenvalue weighted by molar-refractivity contribution is 0.485. The SMILES string of the molecule is C[Si](C)(CCc1ccccc1)c1cccc(CF)c1. The molecule has 0 aromatic heterocycles. The standard InChI is InChI=1S/C17H21FSi/c1-19(2,12-11-15-7-4-3-5-8-15)17-10-6-9-16(13-17)14-18/h3-10,13H,11-12,14H2,1-2H3. The summed E-state index contributed by atoms with van der Waals surface area (Å²) in [6.07, 6.45) is 1.11. The highest BCUT2D eigenvalue weighted by Crippen LogP contribution is 2.15. The molecule has 0 amide bonds. The molecule has 0 saturated carbocycles. The normalized spacial score (nSPS) is 11.5. The second kappa shape index (κ2) is 6.16. The lowest BCUT2D eigenvalue weighted by Crippen LogP contribution is -2.41. The maximum atomic E-state index is 12.8. The van der Waals surface area contributed by atoms with Gasteiger partial charge >= 0.3 is 0 Å². The molecule has 2 rings (SSSR count). The van der Waals surface area contributed by atoms with Gasteiger partial charge in [-0.25, -0.2) is 4.39 Å². The fourth-order valence-electron chi connectivity index (χ4n) is 2.32. The van der Waals surface area contributed by atoms with Crippen LogP contribution in [-0.2, 0) is 13.1 Å². The van der Waals surface area contributed by atoms with Crippen LogP contribution < -0.4 is 5.19 Å². The van der Waals surface area contributed by atoms with Crippen molar-refractivity contribution in [3.05, 3.63) is 65.7 Å². The number of benzene rings is 2. The molecule has 0 spiro atoms. The van der Waals surface area contributed by atoms with Crippen LogP contribution in [-0.4, -0.2) is 8.07 Å². The van der Waals surface area contributed by atoms with Crippen molar-refractivity contribution in [3.63, 3.8) is 0 Å². The van der Waals surface area contributed by atoms with Crippen LogP contribution in [0.3, 0.4) is 0 Å². The molecular weight excluding hydrogens is 251 g/mol. The Morgan fingerprint density at radius 2 is 1.58 bits per heavy atom. The molecule has 0 N–H and O–H groups in total. The number of halogens is 1. The summed E-state index contributed by atoms with van der Waals surface area (Å²) < 4.78 is 12.8. The van der Waals surface area contributed by atoms with E-state index in [-0.39, 0.29) is 6.67 Å². The van der Waals surface area contributed by atoms with Crippen LogP contribution in [0.1, 0.15) is 11.1 Å². The largest absolute Gasteiger partial charge is 0.246 e. The highest BCUT2D eigenvalue weighted by molar-refractivity contribution is 6.89. The minimum absolute atomic E-state index is 0.364. The molecule has 100 valence electrons. The number of hydrogen-bond acceptors (Lipinski definition) is 0. The van der Waals surface area contributed by atoms with Crippen molar-refractivity contribution in [3.8, 4) is 0 Å². The van der Waals surface area contributed by atoms with E-state index in [1.54, 1.807) is 0 Å². The Labute approximate surface area is 116 Å². The van der Waals surface area contributed by atoms with Crippen LogP contribution in [0.15, 0.2) is 54.6 Å². The molecule has 2 aromatic rings. The molecule has 0 nitrogen and oxygen atoms in total. The fourth-order valence-corrected chi connectivity index (χ4v) is 4.65. The van der Waals surface area contributed by atoms with E-state index in [2.05, 4.69) is 55.6 Å². The fraction of sp³-hybridized carbons (Fsp3) is 0.294. The number of alkyl halides is 1. The van der Waals surface area contributed by atoms with Gasteiger partial charge in [0.15, 0.2) is 0 Å². The monoisotopic (exact) mass is 272 g/mol. The van der Waals surface area contributed by atoms with Crippen molar-refractivity contribution >= 4 is 13.3 Å². The van der Waals surface area contributed by atoms with Crippen LogP contribution in [0.4, 0.5) is 4.39 Å². The molecule has 2 heteroatoms. The van der Waals surface area contributed by atoms with Crippen LogP contribution in [0.5, 0.6) is 0 Å². The van der Waals surface area contributed by atoms with Crippen LogP contribution >= 0.6 is 0 Å². The van der Waals surface area contributed by atoms with Gasteiger partial charge in [0, 0.05) is 0 Å². The predicted octanol–water partition coefficient (Wildman–Crippen LogP) is 4.31. The average Bonchev–Trinajstić information content (AvgIpc) is 2.46. The summed E-state index contributed by atoms with van der Waals surface area (Å²) in [5.74, 6) is 0. The van der Waals surface area contributed by atoms with Crippen molar-refractivity contribution in [1.29, 1.82) is 0 Å². The van der Waals surface area contributed by atoms with Crippen molar-refractivity contribution in [2.45, 2.75) is 32.2 Å². The van der Waals surface area contributed by atoms with E-state index in [1.165, 1.54) is 16.8 Å². The molecule has 19 heavy (non-hydrogen) atoms. The summed E-state index contributed by atoms with van der Waals surface area (Å²) in [5, 5.41) is 1.36. The Morgan fingerprint density at radius 1 is 0.895 bits per heavy atom. The second-order valence-electron chi connectivity index (χ2n) is 5.70. The highest BCUT2D eigenvalue weighted by atomic mass is 28.3. The molecule has 0 radical (unpaired) electrons. The van der Waals surface area contributed by atoms with Gasteiger partial charge in [-0.1, -0.05) is 72.9 Å². The van der Waals surface area contributed by atoms with Crippen molar-refractivity contribution < 1.29 is 4.39 Å². The van der Waals surface area contributed by atoms with Crippen molar-refractivity contribution in [2.24, 2.45) is 0 Å². The van der Waals surface area contributed by atoms with E-state index < -0.39 is 8.07 Å². The van der Waals surface area contributed by atoms with Gasteiger partial charge in [0.1, 0.15) is 6.67 Å². The van der Waals surface area contributed by atoms with Gasteiger partial charge in [-0.05, 0) is 23.6 Å². The second-order valence-corrected chi connectivity index (χ2v) is 10.5. The molecule has 0 aliphatic rings. The first-order valence-corrected chi connectivity index (χ1v) is 10.0. The van der Waals surface area contributed by atoms with Gasteiger partial charge in [0.05, 0.1) is 8.07 Å². The van der Waals surface area contributed by atoms with E-state index in [4.69, 9.17) is 0 Å². The minimum Gasteiger partial charge on any atom is -0.246 e. The van der Waals surface area contributed by atoms with Crippen molar-refractivity contribution in [2.75, 3.05) is 0 Å². The zero-order valence-electron chi connectivity index (χ0n) is 11.7. The number of aryl methyl sites for hydroxylation is 1. The highest BCUT2D eigenvalue weighted by Gasteiger charge is 2.23. The summed E-state index contributed by atoms with van der Waals surface area (Å²) in [6, 6.07) is 19.9. The molecule has 0 heterocycles. The molecule has 0 saturated heterocycles. The van der Waals surface area contributed by atoms with Gasteiger partial charge in [-0.2, -0.15) is 0 Å². The van der Waals surface area contributed by atoms with E-state index in [1.807, 2.05) is 12.1 Å². The summed E-state index contributed by atoms with van der Waals surface area (Å²) in [5.41, 5.74) is 2.20. The molecule has 0 fully saturated rings. The lowest BCUT2D eigenvalue weighted by atomic mass is 10.2. The molecule has 0 aliphatic carbocycles. The zero-order valence-corrected chi connectivity index (χ0v) is 12.7. The number of rotatable bonds is 5. The van der Waals surface area contributed by atoms with Crippen LogP contribution in [0.2, 0.25) is 19.1 Å². The van der Waals surface area contributed by atoms with E-state index in [9.17, 15) is 4.39 Å².